The Balaban J connectivity index is 2.27. The number of rotatable bonds is 5. The lowest BCUT2D eigenvalue weighted by Crippen LogP contribution is -2.19. The molecule has 27 heavy (non-hydrogen) atoms. The number of nitrogens with one attached hydrogen (secondary N) is 1. The molecule has 1 fully saturated rings. The van der Waals surface area contributed by atoms with Crippen molar-refractivity contribution in [1.29, 1.82) is 0 Å². The summed E-state index contributed by atoms with van der Waals surface area (Å²) in [7, 11) is 1.19. The second-order valence-corrected chi connectivity index (χ2v) is 6.66. The molecule has 142 valence electrons. The van der Waals surface area contributed by atoms with Gasteiger partial charge >= 0.3 is 11.7 Å². The van der Waals surface area contributed by atoms with Crippen molar-refractivity contribution in [2.75, 3.05) is 7.11 Å². The fourth-order valence-electron chi connectivity index (χ4n) is 2.02. The van der Waals surface area contributed by atoms with Crippen LogP contribution in [0.1, 0.15) is 30.9 Å². The number of esters is 1. The number of hydrogen-bond donors (Lipinski definition) is 2. The Labute approximate surface area is 158 Å². The molecular weight excluding hydrogens is 376 g/mol. The van der Waals surface area contributed by atoms with E-state index in [1.165, 1.54) is 13.2 Å². The summed E-state index contributed by atoms with van der Waals surface area (Å²) < 4.78 is 4.45. The molecule has 0 radical (unpaired) electrons. The summed E-state index contributed by atoms with van der Waals surface area (Å²) in [5.74, 6) is -1.74. The molecule has 10 nitrogen and oxygen atoms in total. The van der Waals surface area contributed by atoms with E-state index in [2.05, 4.69) is 20.3 Å². The highest BCUT2D eigenvalue weighted by molar-refractivity contribution is 8.18. The molecule has 0 atom stereocenters. The van der Waals surface area contributed by atoms with Crippen LogP contribution in [-0.4, -0.2) is 40.4 Å². The fraction of sp³-hybridized carbons (Fsp3) is 0.250. The third-order valence-electron chi connectivity index (χ3n) is 3.45. The van der Waals surface area contributed by atoms with Gasteiger partial charge in [-0.25, -0.2) is 4.79 Å². The molecule has 0 aromatic heterocycles. The number of nitro groups is 1. The minimum absolute atomic E-state index is 0.00143. The minimum Gasteiger partial charge on any atom is -0.502 e. The highest BCUT2D eigenvalue weighted by Gasteiger charge is 2.25. The number of nitro benzene ring substituents is 1. The third-order valence-corrected chi connectivity index (χ3v) is 4.35. The minimum atomic E-state index is -0.680. The van der Waals surface area contributed by atoms with Crippen molar-refractivity contribution in [2.24, 2.45) is 10.2 Å². The van der Waals surface area contributed by atoms with Crippen molar-refractivity contribution in [3.8, 4) is 5.75 Å². The molecule has 0 aliphatic carbocycles. The SMILES string of the molecule is COC(=O)/C=C1/S/C(=N\N=Cc2cc(C(C)C)cc([N+](=O)[O-])c2O)NC1=O. The van der Waals surface area contributed by atoms with Gasteiger partial charge in [0.2, 0.25) is 5.75 Å². The van der Waals surface area contributed by atoms with Crippen molar-refractivity contribution >= 4 is 40.7 Å². The lowest BCUT2D eigenvalue weighted by Gasteiger charge is -2.08. The number of benzene rings is 1. The average Bonchev–Trinajstić information content (AvgIpc) is 2.95. The molecule has 1 heterocycles. The van der Waals surface area contributed by atoms with Crippen LogP contribution in [0.2, 0.25) is 0 Å². The van der Waals surface area contributed by atoms with Gasteiger partial charge in [-0.2, -0.15) is 5.10 Å². The largest absolute Gasteiger partial charge is 0.502 e. The number of amidine groups is 1. The molecule has 1 aliphatic heterocycles. The summed E-state index contributed by atoms with van der Waals surface area (Å²) in [6.45, 7) is 3.72. The van der Waals surface area contributed by atoms with E-state index in [1.807, 2.05) is 13.8 Å². The molecule has 1 aliphatic rings. The van der Waals surface area contributed by atoms with E-state index in [0.717, 1.165) is 24.1 Å². The molecule has 1 aromatic carbocycles. The van der Waals surface area contributed by atoms with Gasteiger partial charge < -0.3 is 9.84 Å². The van der Waals surface area contributed by atoms with E-state index in [4.69, 9.17) is 0 Å². The van der Waals surface area contributed by atoms with Crippen LogP contribution in [0.25, 0.3) is 0 Å². The average molecular weight is 392 g/mol. The van der Waals surface area contributed by atoms with Gasteiger partial charge in [0.15, 0.2) is 5.17 Å². The molecular formula is C16H16N4O6S. The number of aromatic hydroxyl groups is 1. The molecule has 1 aromatic rings. The highest BCUT2D eigenvalue weighted by atomic mass is 32.2. The Morgan fingerprint density at radius 2 is 2.15 bits per heavy atom. The number of carbonyl (C=O) groups excluding carboxylic acids is 2. The van der Waals surface area contributed by atoms with E-state index in [-0.39, 0.29) is 21.6 Å². The van der Waals surface area contributed by atoms with E-state index < -0.39 is 28.2 Å². The summed E-state index contributed by atoms with van der Waals surface area (Å²) in [6, 6.07) is 2.87. The quantitative estimate of drug-likeness (QED) is 0.256. The lowest BCUT2D eigenvalue weighted by atomic mass is 9.99. The van der Waals surface area contributed by atoms with Crippen LogP contribution in [0.15, 0.2) is 33.3 Å². The topological polar surface area (TPSA) is 143 Å². The standard InChI is InChI=1S/C16H16N4O6S/c1-8(2)9-4-10(14(22)11(5-9)20(24)25)7-17-19-16-18-15(23)12(27-16)6-13(21)26-3/h4-8,22H,1-3H3,(H,18,19,23)/b12-6+,17-7?. The normalized spacial score (nSPS) is 17.1. The maximum Gasteiger partial charge on any atom is 0.331 e. The number of amides is 1. The van der Waals surface area contributed by atoms with Crippen molar-refractivity contribution < 1.29 is 24.4 Å². The Kier molecular flexibility index (Phi) is 6.29. The van der Waals surface area contributed by atoms with Crippen LogP contribution in [0.4, 0.5) is 5.69 Å². The predicted octanol–water partition coefficient (Wildman–Crippen LogP) is 2.03. The van der Waals surface area contributed by atoms with Crippen LogP contribution in [0.3, 0.4) is 0 Å². The predicted molar refractivity (Wildman–Crippen MR) is 99.7 cm³/mol. The van der Waals surface area contributed by atoms with E-state index >= 15 is 0 Å². The van der Waals surface area contributed by atoms with Gasteiger partial charge in [0, 0.05) is 17.7 Å². The summed E-state index contributed by atoms with van der Waals surface area (Å²) >= 11 is 0.883. The molecule has 11 heteroatoms. The zero-order chi connectivity index (χ0) is 20.1. The Morgan fingerprint density at radius 3 is 2.74 bits per heavy atom. The number of thioether (sulfide) groups is 1. The first-order chi connectivity index (χ1) is 12.7. The summed E-state index contributed by atoms with van der Waals surface area (Å²) in [5.41, 5.74) is 0.347. The number of nitrogens with zero attached hydrogens (tertiary/aromatic N) is 3. The van der Waals surface area contributed by atoms with Gasteiger partial charge in [0.25, 0.3) is 5.91 Å². The number of methoxy groups -OCH3 is 1. The number of carbonyl (C=O) groups is 2. The smallest absolute Gasteiger partial charge is 0.331 e. The van der Waals surface area contributed by atoms with Crippen molar-refractivity contribution in [1.82, 2.24) is 5.32 Å². The van der Waals surface area contributed by atoms with Crippen LogP contribution >= 0.6 is 11.8 Å². The Hall–Kier alpha value is -3.21. The van der Waals surface area contributed by atoms with Gasteiger partial charge in [-0.05, 0) is 29.3 Å². The Morgan fingerprint density at radius 1 is 1.44 bits per heavy atom. The number of hydrogen-bond acceptors (Lipinski definition) is 9. The molecule has 1 amide bonds. The van der Waals surface area contributed by atoms with E-state index in [0.29, 0.717) is 5.56 Å². The monoisotopic (exact) mass is 392 g/mol. The second-order valence-electron chi connectivity index (χ2n) is 5.63. The van der Waals surface area contributed by atoms with Gasteiger partial charge in [-0.1, -0.05) is 13.8 Å². The van der Waals surface area contributed by atoms with Crippen molar-refractivity contribution in [2.45, 2.75) is 19.8 Å². The first-order valence-corrected chi connectivity index (χ1v) is 8.45. The molecule has 2 rings (SSSR count). The first kappa shape index (κ1) is 20.1. The molecule has 1 saturated heterocycles. The third kappa shape index (κ3) is 4.91. The highest BCUT2D eigenvalue weighted by Crippen LogP contribution is 2.33. The van der Waals surface area contributed by atoms with Gasteiger partial charge in [0.1, 0.15) is 0 Å². The van der Waals surface area contributed by atoms with E-state index in [1.54, 1.807) is 6.07 Å². The van der Waals surface area contributed by atoms with Crippen LogP contribution in [0.5, 0.6) is 5.75 Å². The maximum absolute atomic E-state index is 11.7. The van der Waals surface area contributed by atoms with Gasteiger partial charge in [0.05, 0.1) is 23.2 Å². The van der Waals surface area contributed by atoms with Gasteiger partial charge in [-0.3, -0.25) is 20.2 Å². The van der Waals surface area contributed by atoms with Crippen LogP contribution < -0.4 is 5.32 Å². The summed E-state index contributed by atoms with van der Waals surface area (Å²) in [5, 5.41) is 31.2. The molecule has 0 unspecified atom stereocenters. The molecule has 2 N–H and O–H groups in total. The zero-order valence-corrected chi connectivity index (χ0v) is 15.4. The number of phenolic OH excluding ortho intramolecular Hbond substituents is 1. The van der Waals surface area contributed by atoms with Crippen molar-refractivity contribution in [3.05, 3.63) is 44.4 Å². The first-order valence-electron chi connectivity index (χ1n) is 7.64. The van der Waals surface area contributed by atoms with Crippen LogP contribution in [-0.2, 0) is 14.3 Å². The van der Waals surface area contributed by atoms with Gasteiger partial charge in [-0.15, -0.1) is 5.10 Å². The molecule has 0 bridgehead atoms. The van der Waals surface area contributed by atoms with Crippen molar-refractivity contribution in [3.63, 3.8) is 0 Å². The zero-order valence-electron chi connectivity index (χ0n) is 14.6. The number of phenols is 1. The lowest BCUT2D eigenvalue weighted by molar-refractivity contribution is -0.385. The maximum atomic E-state index is 11.7. The van der Waals surface area contributed by atoms with Crippen LogP contribution in [0, 0.1) is 10.1 Å². The summed E-state index contributed by atoms with van der Waals surface area (Å²) in [4.78, 5) is 33.4. The summed E-state index contributed by atoms with van der Waals surface area (Å²) in [6.07, 6.45) is 2.17. The molecule has 0 saturated carbocycles. The number of ether oxygens (including phenoxy) is 1. The van der Waals surface area contributed by atoms with E-state index in [9.17, 15) is 24.8 Å². The second kappa shape index (κ2) is 8.45. The Bertz CT molecular complexity index is 891. The molecule has 0 spiro atoms. The fourth-order valence-corrected chi connectivity index (χ4v) is 2.76.